The zero-order valence-electron chi connectivity index (χ0n) is 33.0. The highest BCUT2D eigenvalue weighted by Gasteiger charge is 2.31. The van der Waals surface area contributed by atoms with Crippen LogP contribution in [0.1, 0.15) is 66.1 Å². The van der Waals surface area contributed by atoms with Gasteiger partial charge in [-0.25, -0.2) is 18.1 Å². The van der Waals surface area contributed by atoms with Crippen molar-refractivity contribution in [3.8, 4) is 22.6 Å². The predicted molar refractivity (Wildman–Crippen MR) is 230 cm³/mol. The molecule has 1 atom stereocenters. The van der Waals surface area contributed by atoms with E-state index in [9.17, 15) is 23.3 Å². The van der Waals surface area contributed by atoms with Gasteiger partial charge in [0.05, 0.1) is 27.6 Å². The molecule has 3 aliphatic rings. The van der Waals surface area contributed by atoms with Crippen LogP contribution in [0.4, 0.5) is 17.1 Å². The van der Waals surface area contributed by atoms with E-state index in [4.69, 9.17) is 9.47 Å². The minimum absolute atomic E-state index is 0.0536. The van der Waals surface area contributed by atoms with Crippen LogP contribution in [-0.4, -0.2) is 55.5 Å². The Morgan fingerprint density at radius 1 is 0.917 bits per heavy atom. The van der Waals surface area contributed by atoms with E-state index in [1.165, 1.54) is 48.4 Å². The first-order valence-electron chi connectivity index (χ1n) is 20.6. The topological polar surface area (TPSA) is 169 Å². The molecule has 60 heavy (non-hydrogen) atoms. The zero-order chi connectivity index (χ0) is 41.2. The van der Waals surface area contributed by atoms with Crippen LogP contribution in [0.3, 0.4) is 0 Å². The van der Waals surface area contributed by atoms with Crippen LogP contribution in [0.2, 0.25) is 0 Å². The molecule has 0 radical (unpaired) electrons. The second-order valence-corrected chi connectivity index (χ2v) is 17.6. The summed E-state index contributed by atoms with van der Waals surface area (Å²) in [6.07, 6.45) is 10.9. The third kappa shape index (κ3) is 8.56. The van der Waals surface area contributed by atoms with Crippen LogP contribution in [0, 0.1) is 22.0 Å². The van der Waals surface area contributed by atoms with E-state index in [0.29, 0.717) is 37.2 Å². The maximum absolute atomic E-state index is 13.9. The number of aromatic amines is 1. The van der Waals surface area contributed by atoms with Gasteiger partial charge in [-0.2, -0.15) is 0 Å². The average Bonchev–Trinajstić information content (AvgIpc) is 3.72. The van der Waals surface area contributed by atoms with Gasteiger partial charge in [0.1, 0.15) is 22.8 Å². The van der Waals surface area contributed by atoms with Crippen molar-refractivity contribution >= 4 is 44.0 Å². The van der Waals surface area contributed by atoms with E-state index in [1.807, 2.05) is 18.2 Å². The molecule has 14 heteroatoms. The molecule has 0 spiro atoms. The quantitative estimate of drug-likeness (QED) is 0.0711. The number of nitrogens with zero attached hydrogens (tertiary/aromatic N) is 3. The number of carbonyl (C=O) groups is 1. The third-order valence-electron chi connectivity index (χ3n) is 11.9. The molecule has 1 amide bonds. The van der Waals surface area contributed by atoms with E-state index in [2.05, 4.69) is 61.3 Å². The molecule has 1 aliphatic carbocycles. The van der Waals surface area contributed by atoms with Crippen molar-refractivity contribution in [2.45, 2.75) is 55.9 Å². The largest absolute Gasteiger partial charge is 0.455 e. The number of anilines is 2. The number of sulfonamides is 1. The van der Waals surface area contributed by atoms with E-state index < -0.39 is 31.4 Å². The van der Waals surface area contributed by atoms with Crippen molar-refractivity contribution in [3.63, 3.8) is 0 Å². The highest BCUT2D eigenvalue weighted by atomic mass is 32.2. The van der Waals surface area contributed by atoms with Crippen LogP contribution < -0.4 is 19.7 Å². The van der Waals surface area contributed by atoms with Crippen LogP contribution in [0.5, 0.6) is 11.5 Å². The fraction of sp³-hybridized carbons (Fsp3) is 0.304. The summed E-state index contributed by atoms with van der Waals surface area (Å²) in [5.41, 5.74) is 6.02. The van der Waals surface area contributed by atoms with Gasteiger partial charge < -0.3 is 24.7 Å². The number of fused-ring (bicyclic) bond motifs is 1. The summed E-state index contributed by atoms with van der Waals surface area (Å²) in [5, 5.41) is 16.0. The van der Waals surface area contributed by atoms with Crippen molar-refractivity contribution in [3.05, 3.63) is 136 Å². The van der Waals surface area contributed by atoms with Crippen molar-refractivity contribution in [2.75, 3.05) is 36.5 Å². The van der Waals surface area contributed by atoms with Gasteiger partial charge in [0.15, 0.2) is 0 Å². The SMILES string of the molecule is O=C(NS(=O)(=O)c1ccc(NCC2CCOCC2)c([N+](=O)[O-])c1)c1ccc(-c2ccc(N3CCCC3c3ccccc3CC3CC3)cc2)cc1Oc1cnc2[nH]ccc2c1. The Morgan fingerprint density at radius 3 is 2.52 bits per heavy atom. The van der Waals surface area contributed by atoms with Gasteiger partial charge in [-0.15, -0.1) is 0 Å². The monoisotopic (exact) mass is 826 g/mol. The summed E-state index contributed by atoms with van der Waals surface area (Å²) >= 11 is 0. The lowest BCUT2D eigenvalue weighted by molar-refractivity contribution is -0.384. The van der Waals surface area contributed by atoms with Gasteiger partial charge in [0.2, 0.25) is 0 Å². The highest BCUT2D eigenvalue weighted by Crippen LogP contribution is 2.41. The second-order valence-electron chi connectivity index (χ2n) is 16.0. The zero-order valence-corrected chi connectivity index (χ0v) is 33.8. The van der Waals surface area contributed by atoms with E-state index in [0.717, 1.165) is 72.8 Å². The highest BCUT2D eigenvalue weighted by molar-refractivity contribution is 7.90. The number of hydrogen-bond acceptors (Lipinski definition) is 10. The van der Waals surface area contributed by atoms with Gasteiger partial charge in [-0.05, 0) is 128 Å². The number of nitrogens with one attached hydrogen (secondary N) is 3. The third-order valence-corrected chi connectivity index (χ3v) is 13.2. The number of rotatable bonds is 14. The lowest BCUT2D eigenvalue weighted by atomic mass is 9.94. The first kappa shape index (κ1) is 39.2. The molecule has 4 aromatic carbocycles. The molecule has 2 saturated heterocycles. The van der Waals surface area contributed by atoms with Gasteiger partial charge in [-0.1, -0.05) is 42.5 Å². The van der Waals surface area contributed by atoms with Crippen molar-refractivity contribution in [1.29, 1.82) is 0 Å². The molecule has 9 rings (SSSR count). The molecular formula is C46H46N6O7S. The van der Waals surface area contributed by atoms with Gasteiger partial charge >= 0.3 is 0 Å². The number of nitro benzene ring substituents is 1. The van der Waals surface area contributed by atoms with Crippen LogP contribution in [0.15, 0.2) is 114 Å². The maximum atomic E-state index is 13.9. The summed E-state index contributed by atoms with van der Waals surface area (Å²) in [4.78, 5) is 34.9. The molecule has 6 aromatic rings. The van der Waals surface area contributed by atoms with Gasteiger partial charge in [-0.3, -0.25) is 14.9 Å². The number of ether oxygens (including phenoxy) is 2. The Morgan fingerprint density at radius 2 is 1.72 bits per heavy atom. The molecule has 3 N–H and O–H groups in total. The number of carbonyl (C=O) groups excluding carboxylic acids is 1. The number of pyridine rings is 1. The molecule has 4 heterocycles. The van der Waals surface area contributed by atoms with Crippen molar-refractivity contribution < 1.29 is 27.6 Å². The van der Waals surface area contributed by atoms with E-state index in [-0.39, 0.29) is 22.9 Å². The summed E-state index contributed by atoms with van der Waals surface area (Å²) in [7, 11) is -4.56. The van der Waals surface area contributed by atoms with Gasteiger partial charge in [0, 0.05) is 49.6 Å². The number of aromatic nitrogens is 2. The van der Waals surface area contributed by atoms with Crippen molar-refractivity contribution in [2.24, 2.45) is 11.8 Å². The standard InChI is InChI=1S/C46H46N6O7S/c53-46(50-60(56,57)38-14-16-41(43(27-38)52(54)55)48-28-31-18-22-58-23-19-31)40-15-11-33(26-44(40)59-37-25-35-17-20-47-45(35)49-29-37)32-9-12-36(13-10-32)51-21-3-6-42(51)39-5-2-1-4-34(39)24-30-7-8-30/h1-2,4-5,9-17,20,25-27,29-31,42,48H,3,6-8,18-19,21-24,28H2,(H,47,49)(H,50,53). The molecule has 1 saturated carbocycles. The number of amides is 1. The second kappa shape index (κ2) is 16.8. The van der Waals surface area contributed by atoms with Crippen LogP contribution in [0.25, 0.3) is 22.2 Å². The Labute approximate surface area is 348 Å². The lowest BCUT2D eigenvalue weighted by Crippen LogP contribution is -2.31. The number of benzene rings is 4. The fourth-order valence-corrected chi connectivity index (χ4v) is 9.40. The maximum Gasteiger partial charge on any atom is 0.293 e. The minimum Gasteiger partial charge on any atom is -0.455 e. The molecule has 308 valence electrons. The molecule has 1 unspecified atom stereocenters. The summed E-state index contributed by atoms with van der Waals surface area (Å²) in [6.45, 7) is 2.71. The smallest absolute Gasteiger partial charge is 0.293 e. The summed E-state index contributed by atoms with van der Waals surface area (Å²) < 4.78 is 41.1. The summed E-state index contributed by atoms with van der Waals surface area (Å²) in [5.74, 6) is 0.560. The number of nitro groups is 1. The minimum atomic E-state index is -4.56. The Hall–Kier alpha value is -6.25. The number of hydrogen-bond donors (Lipinski definition) is 3. The average molecular weight is 827 g/mol. The lowest BCUT2D eigenvalue weighted by Gasteiger charge is -2.29. The molecule has 13 nitrogen and oxygen atoms in total. The number of H-pyrrole nitrogens is 1. The first-order chi connectivity index (χ1) is 29.2. The molecule has 2 aliphatic heterocycles. The normalized spacial score (nSPS) is 17.1. The Kier molecular flexibility index (Phi) is 11.0. The molecule has 3 fully saturated rings. The van der Waals surface area contributed by atoms with Crippen LogP contribution >= 0.6 is 0 Å². The van der Waals surface area contributed by atoms with Crippen LogP contribution in [-0.2, 0) is 21.2 Å². The Balaban J connectivity index is 0.975. The Bertz CT molecular complexity index is 2660. The summed E-state index contributed by atoms with van der Waals surface area (Å²) in [6, 6.07) is 29.7. The molecule has 0 bridgehead atoms. The van der Waals surface area contributed by atoms with Crippen molar-refractivity contribution in [1.82, 2.24) is 14.7 Å². The van der Waals surface area contributed by atoms with Gasteiger partial charge in [0.25, 0.3) is 21.6 Å². The fourth-order valence-electron chi connectivity index (χ4n) is 8.42. The van der Waals surface area contributed by atoms with E-state index >= 15 is 0 Å². The molecule has 2 aromatic heterocycles. The first-order valence-corrected chi connectivity index (χ1v) is 22.0. The predicted octanol–water partition coefficient (Wildman–Crippen LogP) is 9.18. The van der Waals surface area contributed by atoms with E-state index in [1.54, 1.807) is 24.4 Å². The molecular weight excluding hydrogens is 781 g/mol.